The van der Waals surface area contributed by atoms with Crippen LogP contribution in [0.15, 0.2) is 12.1 Å². The molecule has 28 heavy (non-hydrogen) atoms. The molecule has 0 aliphatic carbocycles. The van der Waals surface area contributed by atoms with Crippen LogP contribution in [0.2, 0.25) is 5.02 Å². The summed E-state index contributed by atoms with van der Waals surface area (Å²) in [7, 11) is 0. The minimum Gasteiger partial charge on any atom is -0.493 e. The molecule has 2 atom stereocenters. The Morgan fingerprint density at radius 3 is 2.21 bits per heavy atom. The van der Waals surface area contributed by atoms with Crippen LogP contribution in [-0.2, 0) is 14.3 Å². The molecule has 0 radical (unpaired) electrons. The Hall–Kier alpha value is -1.83. The zero-order valence-corrected chi connectivity index (χ0v) is 17.7. The molecule has 0 bridgehead atoms. The van der Waals surface area contributed by atoms with Gasteiger partial charge in [-0.15, -0.1) is 0 Å². The van der Waals surface area contributed by atoms with Crippen LogP contribution in [0.1, 0.15) is 37.8 Å². The predicted octanol–water partition coefficient (Wildman–Crippen LogP) is 3.38. The first-order chi connectivity index (χ1) is 13.1. The second-order valence-electron chi connectivity index (χ2n) is 6.98. The van der Waals surface area contributed by atoms with E-state index in [0.29, 0.717) is 12.2 Å². The Bertz CT molecular complexity index is 644. The van der Waals surface area contributed by atoms with Crippen molar-refractivity contribution >= 4 is 23.5 Å². The van der Waals surface area contributed by atoms with Gasteiger partial charge in [-0.2, -0.15) is 0 Å². The van der Waals surface area contributed by atoms with Gasteiger partial charge in [0.1, 0.15) is 5.75 Å². The zero-order chi connectivity index (χ0) is 21.3. The summed E-state index contributed by atoms with van der Waals surface area (Å²) in [6, 6.07) is 3.88. The van der Waals surface area contributed by atoms with Crippen molar-refractivity contribution in [2.75, 3.05) is 26.2 Å². The summed E-state index contributed by atoms with van der Waals surface area (Å²) in [4.78, 5) is 20.7. The molecule has 1 fully saturated rings. The average molecular weight is 416 g/mol. The second-order valence-corrected chi connectivity index (χ2v) is 7.39. The maximum absolute atomic E-state index is 9.10. The van der Waals surface area contributed by atoms with E-state index in [-0.39, 0.29) is 0 Å². The molecule has 1 aromatic carbocycles. The van der Waals surface area contributed by atoms with Gasteiger partial charge in [-0.25, -0.2) is 9.59 Å². The highest BCUT2D eigenvalue weighted by Crippen LogP contribution is 2.27. The van der Waals surface area contributed by atoms with Gasteiger partial charge in [0.05, 0.1) is 18.8 Å². The average Bonchev–Trinajstić information content (AvgIpc) is 2.61. The third-order valence-corrected chi connectivity index (χ3v) is 4.89. The first-order valence-electron chi connectivity index (χ1n) is 9.34. The number of unbranched alkanes of at least 4 members (excludes halogenated alkanes) is 1. The SMILES string of the molecule is Cc1c(Cl)ccc(OCCCCN2CC(C)OC(C)C2)c1C.O=C(O)C(=O)O. The Morgan fingerprint density at radius 2 is 1.68 bits per heavy atom. The smallest absolute Gasteiger partial charge is 0.414 e. The maximum Gasteiger partial charge on any atom is 0.414 e. The van der Waals surface area contributed by atoms with Crippen LogP contribution >= 0.6 is 11.6 Å². The standard InChI is InChI=1S/C18H28ClNO2.C2H2O4/c1-13-11-20(12-14(2)22-13)9-5-6-10-21-18-8-7-17(19)15(3)16(18)4;3-1(4)2(5)6/h7-8,13-14H,5-6,9-12H2,1-4H3;(H,3,4)(H,5,6). The van der Waals surface area contributed by atoms with Crippen molar-refractivity contribution in [3.63, 3.8) is 0 Å². The molecule has 1 saturated heterocycles. The molecule has 1 heterocycles. The van der Waals surface area contributed by atoms with Crippen molar-refractivity contribution in [1.82, 2.24) is 4.90 Å². The number of hydrogen-bond donors (Lipinski definition) is 2. The summed E-state index contributed by atoms with van der Waals surface area (Å²) in [6.45, 7) is 12.4. The van der Waals surface area contributed by atoms with E-state index in [1.165, 1.54) is 0 Å². The zero-order valence-electron chi connectivity index (χ0n) is 16.9. The van der Waals surface area contributed by atoms with Crippen LogP contribution in [0, 0.1) is 13.8 Å². The second kappa shape index (κ2) is 11.9. The highest BCUT2D eigenvalue weighted by molar-refractivity contribution is 6.31. The predicted molar refractivity (Wildman–Crippen MR) is 107 cm³/mol. The lowest BCUT2D eigenvalue weighted by Gasteiger charge is -2.35. The van der Waals surface area contributed by atoms with Crippen LogP contribution in [-0.4, -0.2) is 65.5 Å². The summed E-state index contributed by atoms with van der Waals surface area (Å²) < 4.78 is 11.7. The highest BCUT2D eigenvalue weighted by atomic mass is 35.5. The number of carboxylic acid groups (broad SMARTS) is 2. The van der Waals surface area contributed by atoms with Gasteiger partial charge in [0, 0.05) is 18.1 Å². The summed E-state index contributed by atoms with van der Waals surface area (Å²) in [5.41, 5.74) is 2.25. The van der Waals surface area contributed by atoms with Gasteiger partial charge < -0.3 is 19.7 Å². The Kier molecular flexibility index (Phi) is 10.3. The monoisotopic (exact) mass is 415 g/mol. The fourth-order valence-corrected chi connectivity index (χ4v) is 3.21. The molecule has 2 unspecified atom stereocenters. The van der Waals surface area contributed by atoms with Crippen LogP contribution in [0.3, 0.4) is 0 Å². The number of carboxylic acids is 2. The molecule has 8 heteroatoms. The van der Waals surface area contributed by atoms with E-state index >= 15 is 0 Å². The lowest BCUT2D eigenvalue weighted by molar-refractivity contribution is -0.159. The van der Waals surface area contributed by atoms with Crippen LogP contribution in [0.25, 0.3) is 0 Å². The van der Waals surface area contributed by atoms with E-state index < -0.39 is 11.9 Å². The minimum atomic E-state index is -1.82. The van der Waals surface area contributed by atoms with E-state index in [0.717, 1.165) is 61.0 Å². The van der Waals surface area contributed by atoms with Gasteiger partial charge in [0.25, 0.3) is 0 Å². The molecule has 1 aliphatic rings. The number of halogens is 1. The lowest BCUT2D eigenvalue weighted by atomic mass is 10.1. The van der Waals surface area contributed by atoms with Crippen LogP contribution < -0.4 is 4.74 Å². The molecule has 158 valence electrons. The molecule has 1 aliphatic heterocycles. The Balaban J connectivity index is 0.000000568. The fourth-order valence-electron chi connectivity index (χ4n) is 3.01. The topological polar surface area (TPSA) is 96.3 Å². The molecular weight excluding hydrogens is 386 g/mol. The van der Waals surface area contributed by atoms with Crippen molar-refractivity contribution in [2.24, 2.45) is 0 Å². The van der Waals surface area contributed by atoms with Crippen molar-refractivity contribution < 1.29 is 29.3 Å². The molecule has 0 amide bonds. The van der Waals surface area contributed by atoms with Gasteiger partial charge in [-0.1, -0.05) is 11.6 Å². The van der Waals surface area contributed by atoms with E-state index in [1.54, 1.807) is 0 Å². The van der Waals surface area contributed by atoms with Gasteiger partial charge >= 0.3 is 11.9 Å². The molecule has 0 spiro atoms. The third-order valence-electron chi connectivity index (χ3n) is 4.48. The summed E-state index contributed by atoms with van der Waals surface area (Å²) in [6.07, 6.45) is 2.92. The normalized spacial score (nSPS) is 19.5. The van der Waals surface area contributed by atoms with Gasteiger partial charge in [0.2, 0.25) is 0 Å². The van der Waals surface area contributed by atoms with E-state index in [1.807, 2.05) is 19.1 Å². The third kappa shape index (κ3) is 8.46. The van der Waals surface area contributed by atoms with Crippen molar-refractivity contribution in [3.05, 3.63) is 28.3 Å². The minimum absolute atomic E-state index is 0.347. The fraction of sp³-hybridized carbons (Fsp3) is 0.600. The van der Waals surface area contributed by atoms with Crippen LogP contribution in [0.4, 0.5) is 0 Å². The summed E-state index contributed by atoms with van der Waals surface area (Å²) >= 11 is 6.11. The molecule has 0 saturated carbocycles. The molecule has 1 aromatic rings. The van der Waals surface area contributed by atoms with E-state index in [2.05, 4.69) is 25.7 Å². The van der Waals surface area contributed by atoms with Crippen molar-refractivity contribution in [2.45, 2.75) is 52.7 Å². The first-order valence-corrected chi connectivity index (χ1v) is 9.72. The molecule has 0 aromatic heterocycles. The number of aliphatic carboxylic acids is 2. The molecular formula is C20H30ClNO6. The molecule has 2 rings (SSSR count). The summed E-state index contributed by atoms with van der Waals surface area (Å²) in [5, 5.41) is 15.6. The number of hydrogen-bond acceptors (Lipinski definition) is 5. The molecule has 7 nitrogen and oxygen atoms in total. The number of nitrogens with zero attached hydrogens (tertiary/aromatic N) is 1. The number of carbonyl (C=O) groups is 2. The van der Waals surface area contributed by atoms with E-state index in [9.17, 15) is 0 Å². The van der Waals surface area contributed by atoms with Crippen molar-refractivity contribution in [3.8, 4) is 5.75 Å². The summed E-state index contributed by atoms with van der Waals surface area (Å²) in [5.74, 6) is -2.69. The number of benzene rings is 1. The number of rotatable bonds is 6. The van der Waals surface area contributed by atoms with Crippen LogP contribution in [0.5, 0.6) is 5.75 Å². The number of ether oxygens (including phenoxy) is 2. The lowest BCUT2D eigenvalue weighted by Crippen LogP contribution is -2.45. The quantitative estimate of drug-likeness (QED) is 0.543. The highest BCUT2D eigenvalue weighted by Gasteiger charge is 2.21. The first kappa shape index (κ1) is 24.2. The van der Waals surface area contributed by atoms with Gasteiger partial charge in [-0.05, 0) is 70.3 Å². The number of morpholine rings is 1. The van der Waals surface area contributed by atoms with Gasteiger partial charge in [-0.3, -0.25) is 4.90 Å². The Morgan fingerprint density at radius 1 is 1.11 bits per heavy atom. The largest absolute Gasteiger partial charge is 0.493 e. The van der Waals surface area contributed by atoms with Gasteiger partial charge in [0.15, 0.2) is 0 Å². The Labute approximate surface area is 171 Å². The molecule has 2 N–H and O–H groups in total. The maximum atomic E-state index is 9.10. The van der Waals surface area contributed by atoms with E-state index in [4.69, 9.17) is 40.9 Å². The van der Waals surface area contributed by atoms with Crippen molar-refractivity contribution in [1.29, 1.82) is 0 Å².